The molecule has 2 amide bonds. The molecule has 0 radical (unpaired) electrons. The Morgan fingerprint density at radius 3 is 2.67 bits per heavy atom. The SMILES string of the molecule is O=C(O)CC(NC(=O)CNC(=O)c1cncc(NC2=NCCN2)c1)c1cc(Cl)cc(Cl)c1O. The number of hydrogen-bond acceptors (Lipinski definition) is 8. The summed E-state index contributed by atoms with van der Waals surface area (Å²) in [4.78, 5) is 44.3. The number of aromatic nitrogens is 1. The van der Waals surface area contributed by atoms with Crippen molar-refractivity contribution in [1.29, 1.82) is 0 Å². The zero-order valence-corrected chi connectivity index (χ0v) is 18.6. The molecule has 0 saturated carbocycles. The summed E-state index contributed by atoms with van der Waals surface area (Å²) in [6.45, 7) is 0.913. The zero-order valence-electron chi connectivity index (χ0n) is 17.1. The van der Waals surface area contributed by atoms with Crippen LogP contribution in [0.15, 0.2) is 35.6 Å². The summed E-state index contributed by atoms with van der Waals surface area (Å²) in [5, 5.41) is 30.4. The van der Waals surface area contributed by atoms with Crippen molar-refractivity contribution in [2.75, 3.05) is 25.0 Å². The second kappa shape index (κ2) is 10.8. The van der Waals surface area contributed by atoms with Gasteiger partial charge in [-0.2, -0.15) is 0 Å². The van der Waals surface area contributed by atoms with Crippen LogP contribution in [0.5, 0.6) is 5.75 Å². The van der Waals surface area contributed by atoms with Crippen LogP contribution in [0, 0.1) is 0 Å². The van der Waals surface area contributed by atoms with Gasteiger partial charge in [-0.25, -0.2) is 0 Å². The highest BCUT2D eigenvalue weighted by atomic mass is 35.5. The number of nitrogens with one attached hydrogen (secondary N) is 4. The molecule has 0 bridgehead atoms. The number of carboxylic acid groups (broad SMARTS) is 1. The number of aromatic hydroxyl groups is 1. The molecule has 1 aromatic carbocycles. The van der Waals surface area contributed by atoms with Gasteiger partial charge in [-0.05, 0) is 18.2 Å². The maximum atomic E-state index is 12.4. The number of rotatable bonds is 8. The maximum Gasteiger partial charge on any atom is 0.305 e. The highest BCUT2D eigenvalue weighted by molar-refractivity contribution is 6.35. The number of pyridine rings is 1. The van der Waals surface area contributed by atoms with Crippen LogP contribution in [0.2, 0.25) is 10.0 Å². The molecule has 1 aliphatic rings. The normalized spacial score (nSPS) is 13.5. The summed E-state index contributed by atoms with van der Waals surface area (Å²) in [5.41, 5.74) is 0.781. The van der Waals surface area contributed by atoms with Gasteiger partial charge in [0.1, 0.15) is 5.75 Å². The van der Waals surface area contributed by atoms with Gasteiger partial charge in [-0.15, -0.1) is 0 Å². The smallest absolute Gasteiger partial charge is 0.305 e. The number of carbonyl (C=O) groups is 3. The van der Waals surface area contributed by atoms with Crippen molar-refractivity contribution in [3.05, 3.63) is 51.8 Å². The van der Waals surface area contributed by atoms with E-state index < -0.39 is 42.5 Å². The number of aliphatic imine (C=N–C) groups is 1. The first-order valence-electron chi connectivity index (χ1n) is 9.70. The number of phenolic OH excluding ortho intramolecular Hbond substituents is 1. The number of guanidine groups is 1. The van der Waals surface area contributed by atoms with Crippen LogP contribution < -0.4 is 21.3 Å². The predicted molar refractivity (Wildman–Crippen MR) is 122 cm³/mol. The molecular weight excluding hydrogens is 475 g/mol. The van der Waals surface area contributed by atoms with E-state index in [2.05, 4.69) is 31.2 Å². The number of anilines is 1. The Hall–Kier alpha value is -3.57. The molecule has 174 valence electrons. The van der Waals surface area contributed by atoms with Gasteiger partial charge in [0.05, 0.1) is 48.0 Å². The van der Waals surface area contributed by atoms with Crippen LogP contribution in [0.25, 0.3) is 0 Å². The molecule has 0 fully saturated rings. The third-order valence-corrected chi connectivity index (χ3v) is 5.00. The van der Waals surface area contributed by atoms with Gasteiger partial charge in [0.15, 0.2) is 5.96 Å². The Labute approximate surface area is 198 Å². The Morgan fingerprint density at radius 2 is 1.97 bits per heavy atom. The van der Waals surface area contributed by atoms with Gasteiger partial charge in [-0.1, -0.05) is 23.2 Å². The van der Waals surface area contributed by atoms with Crippen LogP contribution in [-0.4, -0.2) is 58.6 Å². The van der Waals surface area contributed by atoms with E-state index in [4.69, 9.17) is 23.2 Å². The third kappa shape index (κ3) is 6.70. The van der Waals surface area contributed by atoms with Crippen LogP contribution in [0.3, 0.4) is 0 Å². The van der Waals surface area contributed by atoms with Crippen LogP contribution in [-0.2, 0) is 9.59 Å². The second-order valence-electron chi connectivity index (χ2n) is 6.97. The molecule has 2 heterocycles. The maximum absolute atomic E-state index is 12.4. The van der Waals surface area contributed by atoms with E-state index >= 15 is 0 Å². The zero-order chi connectivity index (χ0) is 24.0. The lowest BCUT2D eigenvalue weighted by Crippen LogP contribution is -2.39. The van der Waals surface area contributed by atoms with Crippen LogP contribution in [0.4, 0.5) is 5.69 Å². The molecule has 0 saturated heterocycles. The minimum Gasteiger partial charge on any atom is -0.506 e. The highest BCUT2D eigenvalue weighted by Gasteiger charge is 2.23. The predicted octanol–water partition coefficient (Wildman–Crippen LogP) is 1.53. The largest absolute Gasteiger partial charge is 0.506 e. The first kappa shape index (κ1) is 24.1. The molecule has 33 heavy (non-hydrogen) atoms. The summed E-state index contributed by atoms with van der Waals surface area (Å²) >= 11 is 11.8. The number of carbonyl (C=O) groups excluding carboxylic acids is 2. The molecular formula is C20H20Cl2N6O5. The fourth-order valence-corrected chi connectivity index (χ4v) is 3.53. The van der Waals surface area contributed by atoms with E-state index in [1.807, 2.05) is 0 Å². The molecule has 13 heteroatoms. The average Bonchev–Trinajstić information content (AvgIpc) is 3.27. The van der Waals surface area contributed by atoms with Gasteiger partial charge in [0.2, 0.25) is 5.91 Å². The molecule has 1 atom stereocenters. The van der Waals surface area contributed by atoms with Gasteiger partial charge >= 0.3 is 5.97 Å². The Morgan fingerprint density at radius 1 is 1.18 bits per heavy atom. The minimum atomic E-state index is -1.23. The topological polar surface area (TPSA) is 165 Å². The second-order valence-corrected chi connectivity index (χ2v) is 7.81. The quantitative estimate of drug-likeness (QED) is 0.321. The standard InChI is InChI=1S/C20H20Cl2N6O5/c21-11-4-13(18(32)14(22)5-11)15(6-17(30)31)28-16(29)9-26-19(33)10-3-12(8-23-7-10)27-20-24-1-2-25-20/h3-5,7-8,15,32H,1-2,6,9H2,(H,26,33)(H,28,29)(H,30,31)(H2,24,25,27). The van der Waals surface area contributed by atoms with Gasteiger partial charge in [-0.3, -0.25) is 24.4 Å². The lowest BCUT2D eigenvalue weighted by molar-refractivity contribution is -0.137. The molecule has 2 aromatic rings. The molecule has 1 aliphatic heterocycles. The number of phenols is 1. The summed E-state index contributed by atoms with van der Waals surface area (Å²) in [6.07, 6.45) is 2.31. The van der Waals surface area contributed by atoms with Crippen molar-refractivity contribution < 1.29 is 24.6 Å². The van der Waals surface area contributed by atoms with E-state index in [1.54, 1.807) is 6.07 Å². The fraction of sp³-hybridized carbons (Fsp3) is 0.250. The van der Waals surface area contributed by atoms with E-state index in [0.29, 0.717) is 24.7 Å². The Kier molecular flexibility index (Phi) is 7.91. The van der Waals surface area contributed by atoms with Crippen LogP contribution >= 0.6 is 23.2 Å². The van der Waals surface area contributed by atoms with Crippen molar-refractivity contribution in [2.45, 2.75) is 12.5 Å². The van der Waals surface area contributed by atoms with Crippen molar-refractivity contribution in [3.8, 4) is 5.75 Å². The van der Waals surface area contributed by atoms with Gasteiger partial charge < -0.3 is 31.5 Å². The Bertz CT molecular complexity index is 1110. The number of benzene rings is 1. The van der Waals surface area contributed by atoms with Crippen molar-refractivity contribution in [2.24, 2.45) is 4.99 Å². The van der Waals surface area contributed by atoms with Crippen LogP contribution in [0.1, 0.15) is 28.4 Å². The summed E-state index contributed by atoms with van der Waals surface area (Å²) < 4.78 is 0. The first-order chi connectivity index (χ1) is 15.7. The minimum absolute atomic E-state index is 0.0426. The molecule has 3 rings (SSSR count). The van der Waals surface area contributed by atoms with Crippen molar-refractivity contribution >= 4 is 52.6 Å². The summed E-state index contributed by atoms with van der Waals surface area (Å²) in [6, 6.07) is 3.01. The summed E-state index contributed by atoms with van der Waals surface area (Å²) in [7, 11) is 0. The molecule has 1 unspecified atom stereocenters. The fourth-order valence-electron chi connectivity index (χ4n) is 3.02. The number of hydrogen-bond donors (Lipinski definition) is 6. The molecule has 11 nitrogen and oxygen atoms in total. The highest BCUT2D eigenvalue weighted by Crippen LogP contribution is 2.36. The molecule has 1 aromatic heterocycles. The van der Waals surface area contributed by atoms with E-state index in [0.717, 1.165) is 0 Å². The average molecular weight is 495 g/mol. The van der Waals surface area contributed by atoms with E-state index in [-0.39, 0.29) is 21.2 Å². The molecule has 0 aliphatic carbocycles. The van der Waals surface area contributed by atoms with Crippen molar-refractivity contribution in [3.63, 3.8) is 0 Å². The molecule has 6 N–H and O–H groups in total. The van der Waals surface area contributed by atoms with Gasteiger partial charge in [0, 0.05) is 23.3 Å². The van der Waals surface area contributed by atoms with E-state index in [1.165, 1.54) is 24.5 Å². The number of halogens is 2. The van der Waals surface area contributed by atoms with E-state index in [9.17, 15) is 24.6 Å². The number of nitrogens with zero attached hydrogens (tertiary/aromatic N) is 2. The number of aliphatic carboxylic acids is 1. The number of amides is 2. The first-order valence-corrected chi connectivity index (χ1v) is 10.5. The summed E-state index contributed by atoms with van der Waals surface area (Å²) in [5.74, 6) is -2.30. The lowest BCUT2D eigenvalue weighted by atomic mass is 10.0. The lowest BCUT2D eigenvalue weighted by Gasteiger charge is -2.19. The molecule has 0 spiro atoms. The third-order valence-electron chi connectivity index (χ3n) is 4.49. The Balaban J connectivity index is 1.63. The van der Waals surface area contributed by atoms with Crippen molar-refractivity contribution in [1.82, 2.24) is 20.9 Å². The monoisotopic (exact) mass is 494 g/mol. The number of carboxylic acids is 1. The van der Waals surface area contributed by atoms with Gasteiger partial charge in [0.25, 0.3) is 5.91 Å².